The predicted molar refractivity (Wildman–Crippen MR) is 88.0 cm³/mol. The molecule has 5 heteroatoms. The molecule has 2 aliphatic rings. The highest BCUT2D eigenvalue weighted by Crippen LogP contribution is 2.37. The number of hydrogen-bond donors (Lipinski definition) is 1. The number of rotatable bonds is 7. The van der Waals surface area contributed by atoms with Gasteiger partial charge < -0.3 is 24.2 Å². The summed E-state index contributed by atoms with van der Waals surface area (Å²) in [7, 11) is 0. The fourth-order valence-electron chi connectivity index (χ4n) is 3.67. The Morgan fingerprint density at radius 3 is 3.00 bits per heavy atom. The van der Waals surface area contributed by atoms with Crippen molar-refractivity contribution in [2.24, 2.45) is 5.41 Å². The van der Waals surface area contributed by atoms with Gasteiger partial charge in [-0.1, -0.05) is 13.0 Å². The number of likely N-dealkylation sites (tertiary alicyclic amines) is 1. The lowest BCUT2D eigenvalue weighted by Gasteiger charge is -2.40. The second kappa shape index (κ2) is 7.51. The van der Waals surface area contributed by atoms with Crippen molar-refractivity contribution in [1.29, 1.82) is 0 Å². The molecule has 1 saturated heterocycles. The number of aliphatic hydroxyl groups excluding tert-OH is 1. The van der Waals surface area contributed by atoms with Crippen LogP contribution in [-0.2, 0) is 11.2 Å². The molecular weight excluding hydrogens is 294 g/mol. The first-order chi connectivity index (χ1) is 11.2. The number of benzene rings is 1. The van der Waals surface area contributed by atoms with Crippen molar-refractivity contribution in [2.45, 2.75) is 26.2 Å². The molecule has 0 aromatic heterocycles. The molecule has 23 heavy (non-hydrogen) atoms. The topological polar surface area (TPSA) is 51.2 Å². The van der Waals surface area contributed by atoms with Crippen LogP contribution < -0.4 is 9.47 Å². The Balaban J connectivity index is 1.55. The van der Waals surface area contributed by atoms with E-state index in [9.17, 15) is 0 Å². The van der Waals surface area contributed by atoms with E-state index in [1.807, 2.05) is 6.07 Å². The Morgan fingerprint density at radius 2 is 2.13 bits per heavy atom. The van der Waals surface area contributed by atoms with Crippen LogP contribution in [0.15, 0.2) is 18.2 Å². The van der Waals surface area contributed by atoms with Crippen LogP contribution in [0.1, 0.15) is 25.3 Å². The molecule has 1 atom stereocenters. The zero-order chi connectivity index (χ0) is 16.1. The monoisotopic (exact) mass is 321 g/mol. The fraction of sp³-hybridized carbons (Fsp3) is 0.667. The first-order valence-corrected chi connectivity index (χ1v) is 8.48. The quantitative estimate of drug-likeness (QED) is 0.779. The van der Waals surface area contributed by atoms with Gasteiger partial charge in [0, 0.05) is 13.1 Å². The predicted octanol–water partition coefficient (Wildman–Crippen LogP) is 2.07. The zero-order valence-electron chi connectivity index (χ0n) is 13.9. The molecule has 128 valence electrons. The minimum absolute atomic E-state index is 0.0990. The van der Waals surface area contributed by atoms with Crippen molar-refractivity contribution >= 4 is 0 Å². The lowest BCUT2D eigenvalue weighted by molar-refractivity contribution is 0.0453. The molecule has 1 aromatic rings. The second-order valence-electron chi connectivity index (χ2n) is 6.89. The van der Waals surface area contributed by atoms with Gasteiger partial charge in [0.15, 0.2) is 11.5 Å². The van der Waals surface area contributed by atoms with Crippen LogP contribution in [0.5, 0.6) is 11.5 Å². The summed E-state index contributed by atoms with van der Waals surface area (Å²) < 4.78 is 16.3. The van der Waals surface area contributed by atoms with Crippen LogP contribution in [0, 0.1) is 5.41 Å². The van der Waals surface area contributed by atoms with Crippen LogP contribution in [-0.4, -0.2) is 56.3 Å². The molecule has 0 bridgehead atoms. The highest BCUT2D eigenvalue weighted by Gasteiger charge is 2.31. The normalized spacial score (nSPS) is 24.1. The van der Waals surface area contributed by atoms with Gasteiger partial charge in [-0.05, 0) is 48.9 Å². The van der Waals surface area contributed by atoms with E-state index in [2.05, 4.69) is 24.0 Å². The maximum Gasteiger partial charge on any atom is 0.231 e. The molecule has 2 aliphatic heterocycles. The van der Waals surface area contributed by atoms with Crippen LogP contribution in [0.25, 0.3) is 0 Å². The summed E-state index contributed by atoms with van der Waals surface area (Å²) in [6.07, 6.45) is 3.52. The summed E-state index contributed by atoms with van der Waals surface area (Å²) in [6, 6.07) is 6.29. The summed E-state index contributed by atoms with van der Waals surface area (Å²) in [4.78, 5) is 2.48. The van der Waals surface area contributed by atoms with E-state index in [-0.39, 0.29) is 12.0 Å². The van der Waals surface area contributed by atoms with E-state index in [0.717, 1.165) is 37.6 Å². The smallest absolute Gasteiger partial charge is 0.231 e. The number of aliphatic hydroxyl groups is 1. The molecule has 0 unspecified atom stereocenters. The Bertz CT molecular complexity index is 522. The molecule has 1 fully saturated rings. The first kappa shape index (κ1) is 16.6. The number of ether oxygens (including phenoxy) is 3. The van der Waals surface area contributed by atoms with E-state index in [0.29, 0.717) is 20.0 Å². The lowest BCUT2D eigenvalue weighted by atomic mass is 9.77. The molecular formula is C18H27NO4. The molecule has 1 N–H and O–H groups in total. The van der Waals surface area contributed by atoms with Gasteiger partial charge in [0.2, 0.25) is 6.79 Å². The number of hydrogen-bond acceptors (Lipinski definition) is 5. The highest BCUT2D eigenvalue weighted by atomic mass is 16.7. The third kappa shape index (κ3) is 4.37. The molecule has 3 rings (SSSR count). The highest BCUT2D eigenvalue weighted by molar-refractivity contribution is 5.44. The van der Waals surface area contributed by atoms with Crippen molar-refractivity contribution < 1.29 is 19.3 Å². The van der Waals surface area contributed by atoms with Gasteiger partial charge in [0.05, 0.1) is 19.8 Å². The van der Waals surface area contributed by atoms with Crippen molar-refractivity contribution in [2.75, 3.05) is 46.2 Å². The number of fused-ring (bicyclic) bond motifs is 1. The molecule has 0 saturated carbocycles. The van der Waals surface area contributed by atoms with E-state index < -0.39 is 0 Å². The van der Waals surface area contributed by atoms with Gasteiger partial charge in [-0.2, -0.15) is 0 Å². The number of piperidine rings is 1. The maximum absolute atomic E-state index is 8.76. The van der Waals surface area contributed by atoms with Crippen molar-refractivity contribution in [3.8, 4) is 11.5 Å². The summed E-state index contributed by atoms with van der Waals surface area (Å²) >= 11 is 0. The first-order valence-electron chi connectivity index (χ1n) is 8.48. The lowest BCUT2D eigenvalue weighted by Crippen LogP contribution is -2.44. The molecule has 0 spiro atoms. The van der Waals surface area contributed by atoms with Gasteiger partial charge in [-0.3, -0.25) is 0 Å². The van der Waals surface area contributed by atoms with E-state index in [1.54, 1.807) is 0 Å². The Morgan fingerprint density at radius 1 is 1.26 bits per heavy atom. The largest absolute Gasteiger partial charge is 0.454 e. The molecule has 2 heterocycles. The second-order valence-corrected chi connectivity index (χ2v) is 6.89. The van der Waals surface area contributed by atoms with Crippen molar-refractivity contribution in [3.63, 3.8) is 0 Å². The summed E-state index contributed by atoms with van der Waals surface area (Å²) in [5, 5.41) is 8.76. The van der Waals surface area contributed by atoms with Crippen LogP contribution in [0.3, 0.4) is 0 Å². The van der Waals surface area contributed by atoms with Crippen LogP contribution >= 0.6 is 0 Å². The molecule has 0 radical (unpaired) electrons. The standard InChI is InChI=1S/C18H27NO4/c1-18(5-2-6-19(13-18)7-9-21-10-8-20)12-15-3-4-16-17(11-15)23-14-22-16/h3-4,11,20H,2,5-10,12-14H2,1H3/t18-/m0/s1. The van der Waals surface area contributed by atoms with E-state index in [1.165, 1.54) is 18.4 Å². The summed E-state index contributed by atoms with van der Waals surface area (Å²) in [5.41, 5.74) is 1.60. The number of nitrogens with zero attached hydrogens (tertiary/aromatic N) is 1. The Kier molecular flexibility index (Phi) is 5.41. The van der Waals surface area contributed by atoms with Crippen LogP contribution in [0.4, 0.5) is 0 Å². The van der Waals surface area contributed by atoms with Gasteiger partial charge in [0.1, 0.15) is 0 Å². The van der Waals surface area contributed by atoms with E-state index in [4.69, 9.17) is 19.3 Å². The van der Waals surface area contributed by atoms with Crippen molar-refractivity contribution in [3.05, 3.63) is 23.8 Å². The fourth-order valence-corrected chi connectivity index (χ4v) is 3.67. The summed E-state index contributed by atoms with van der Waals surface area (Å²) in [6.45, 7) is 7.10. The Hall–Kier alpha value is -1.30. The van der Waals surface area contributed by atoms with Crippen LogP contribution in [0.2, 0.25) is 0 Å². The molecule has 0 aliphatic carbocycles. The van der Waals surface area contributed by atoms with E-state index >= 15 is 0 Å². The third-order valence-corrected chi connectivity index (χ3v) is 4.72. The van der Waals surface area contributed by atoms with Gasteiger partial charge in [-0.15, -0.1) is 0 Å². The average molecular weight is 321 g/mol. The van der Waals surface area contributed by atoms with Gasteiger partial charge in [-0.25, -0.2) is 0 Å². The minimum atomic E-state index is 0.0990. The molecule has 0 amide bonds. The average Bonchev–Trinajstić information content (AvgIpc) is 2.99. The molecule has 5 nitrogen and oxygen atoms in total. The molecule has 1 aromatic carbocycles. The van der Waals surface area contributed by atoms with Crippen molar-refractivity contribution in [1.82, 2.24) is 4.90 Å². The maximum atomic E-state index is 8.76. The third-order valence-electron chi connectivity index (χ3n) is 4.72. The zero-order valence-corrected chi connectivity index (χ0v) is 13.9. The minimum Gasteiger partial charge on any atom is -0.454 e. The summed E-state index contributed by atoms with van der Waals surface area (Å²) in [5.74, 6) is 1.72. The Labute approximate surface area is 138 Å². The van der Waals surface area contributed by atoms with Gasteiger partial charge >= 0.3 is 0 Å². The SMILES string of the molecule is C[C@@]1(Cc2ccc3c(c2)OCO3)CCCN(CCOCCO)C1. The van der Waals surface area contributed by atoms with Gasteiger partial charge in [0.25, 0.3) is 0 Å².